The molecule has 1 N–H and O–H groups in total. The number of carbonyl (C=O) groups is 1. The first-order valence-electron chi connectivity index (χ1n) is 9.69. The van der Waals surface area contributed by atoms with Crippen LogP contribution >= 0.6 is 22.9 Å². The number of hydrogen-bond donors (Lipinski definition) is 1. The van der Waals surface area contributed by atoms with Gasteiger partial charge in [-0.25, -0.2) is 9.67 Å². The number of aryl methyl sites for hydroxylation is 2. The van der Waals surface area contributed by atoms with Crippen LogP contribution < -0.4 is 10.1 Å². The Morgan fingerprint density at radius 1 is 1.13 bits per heavy atom. The first-order valence-corrected chi connectivity index (χ1v) is 10.9. The van der Waals surface area contributed by atoms with E-state index in [1.807, 2.05) is 37.4 Å². The highest BCUT2D eigenvalue weighted by Gasteiger charge is 2.13. The van der Waals surface area contributed by atoms with Gasteiger partial charge in [0.25, 0.3) is 5.91 Å². The van der Waals surface area contributed by atoms with Crippen LogP contribution in [0.15, 0.2) is 60.2 Å². The van der Waals surface area contributed by atoms with Crippen LogP contribution in [0.2, 0.25) is 5.02 Å². The van der Waals surface area contributed by atoms with Gasteiger partial charge in [0.1, 0.15) is 18.7 Å². The number of halogens is 1. The number of aromatic nitrogens is 3. The third-order valence-electron chi connectivity index (χ3n) is 4.64. The number of rotatable bonds is 7. The second-order valence-corrected chi connectivity index (χ2v) is 8.57. The van der Waals surface area contributed by atoms with Crippen LogP contribution in [0.1, 0.15) is 31.9 Å². The molecule has 2 aromatic heterocycles. The molecule has 0 unspecified atom stereocenters. The molecule has 0 fully saturated rings. The molecule has 8 heteroatoms. The summed E-state index contributed by atoms with van der Waals surface area (Å²) in [5.74, 6) is 0.803. The molecule has 0 aliphatic heterocycles. The van der Waals surface area contributed by atoms with Crippen LogP contribution in [0, 0.1) is 13.8 Å². The quantitative estimate of drug-likeness (QED) is 0.402. The maximum Gasteiger partial charge on any atom is 0.268 e. The topological polar surface area (TPSA) is 69.0 Å². The van der Waals surface area contributed by atoms with Crippen molar-refractivity contribution in [2.45, 2.75) is 27.0 Å². The van der Waals surface area contributed by atoms with Gasteiger partial charge in [-0.15, -0.1) is 16.4 Å². The third kappa shape index (κ3) is 5.51. The van der Waals surface area contributed by atoms with Gasteiger partial charge in [-0.05, 0) is 54.6 Å². The van der Waals surface area contributed by atoms with E-state index in [-0.39, 0.29) is 11.9 Å². The Labute approximate surface area is 189 Å². The van der Waals surface area contributed by atoms with Crippen LogP contribution in [-0.2, 0) is 13.2 Å². The van der Waals surface area contributed by atoms with Crippen LogP contribution in [0.25, 0.3) is 0 Å². The molecular weight excluding hydrogens is 432 g/mol. The summed E-state index contributed by atoms with van der Waals surface area (Å²) in [6.45, 7) is 4.95. The summed E-state index contributed by atoms with van der Waals surface area (Å²) in [6, 6.07) is 15.5. The van der Waals surface area contributed by atoms with Crippen molar-refractivity contribution in [1.29, 1.82) is 0 Å². The molecule has 4 aromatic rings. The predicted molar refractivity (Wildman–Crippen MR) is 123 cm³/mol. The van der Waals surface area contributed by atoms with Gasteiger partial charge in [0, 0.05) is 10.6 Å². The Morgan fingerprint density at radius 2 is 1.94 bits per heavy atom. The molecule has 31 heavy (non-hydrogen) atoms. The molecule has 6 nitrogen and oxygen atoms in total. The van der Waals surface area contributed by atoms with E-state index in [0.717, 1.165) is 22.4 Å². The summed E-state index contributed by atoms with van der Waals surface area (Å²) < 4.78 is 7.54. The van der Waals surface area contributed by atoms with Crippen molar-refractivity contribution in [1.82, 2.24) is 14.8 Å². The second kappa shape index (κ2) is 9.32. The van der Waals surface area contributed by atoms with Gasteiger partial charge in [0.2, 0.25) is 5.95 Å². The highest BCUT2D eigenvalue weighted by atomic mass is 35.5. The Balaban J connectivity index is 1.33. The van der Waals surface area contributed by atoms with Crippen LogP contribution in [0.5, 0.6) is 5.75 Å². The molecule has 158 valence electrons. The largest absolute Gasteiger partial charge is 0.489 e. The molecule has 2 aromatic carbocycles. The molecule has 0 aliphatic rings. The SMILES string of the molecule is Cc1ccc(Cn2cnc(NC(=O)c3cc(COc4ccc(Cl)cc4C)cs3)n2)cc1. The second-order valence-electron chi connectivity index (χ2n) is 7.22. The lowest BCUT2D eigenvalue weighted by atomic mass is 10.1. The lowest BCUT2D eigenvalue weighted by Crippen LogP contribution is -2.12. The van der Waals surface area contributed by atoms with Crippen LogP contribution in [0.4, 0.5) is 5.95 Å². The van der Waals surface area contributed by atoms with E-state index in [1.54, 1.807) is 17.1 Å². The lowest BCUT2D eigenvalue weighted by molar-refractivity contribution is 0.102. The minimum absolute atomic E-state index is 0.244. The fourth-order valence-electron chi connectivity index (χ4n) is 2.98. The molecule has 0 aliphatic carbocycles. The zero-order valence-electron chi connectivity index (χ0n) is 17.1. The number of ether oxygens (including phenoxy) is 1. The lowest BCUT2D eigenvalue weighted by Gasteiger charge is -2.08. The maximum absolute atomic E-state index is 12.6. The molecular formula is C23H21ClN4O2S. The molecule has 0 saturated heterocycles. The van der Waals surface area contributed by atoms with Crippen molar-refractivity contribution < 1.29 is 9.53 Å². The van der Waals surface area contributed by atoms with Crippen molar-refractivity contribution >= 4 is 34.8 Å². The minimum atomic E-state index is -0.244. The number of benzene rings is 2. The summed E-state index contributed by atoms with van der Waals surface area (Å²) in [5, 5.41) is 9.67. The summed E-state index contributed by atoms with van der Waals surface area (Å²) in [6.07, 6.45) is 1.61. The molecule has 1 amide bonds. The Bertz CT molecular complexity index is 1200. The van der Waals surface area contributed by atoms with Gasteiger partial charge in [-0.1, -0.05) is 41.4 Å². The number of nitrogens with zero attached hydrogens (tertiary/aromatic N) is 3. The molecule has 0 spiro atoms. The minimum Gasteiger partial charge on any atom is -0.489 e. The Kier molecular flexibility index (Phi) is 6.34. The number of hydrogen-bond acceptors (Lipinski definition) is 5. The Hall–Kier alpha value is -3.16. The van der Waals surface area contributed by atoms with E-state index in [4.69, 9.17) is 16.3 Å². The summed E-state index contributed by atoms with van der Waals surface area (Å²) >= 11 is 7.33. The van der Waals surface area contributed by atoms with E-state index in [0.29, 0.717) is 23.1 Å². The van der Waals surface area contributed by atoms with E-state index in [1.165, 1.54) is 16.9 Å². The van der Waals surface area contributed by atoms with Crippen LogP contribution in [0.3, 0.4) is 0 Å². The van der Waals surface area contributed by atoms with Crippen molar-refractivity contribution in [3.8, 4) is 5.75 Å². The number of carbonyl (C=O) groups excluding carboxylic acids is 1. The first kappa shape index (κ1) is 21.1. The summed E-state index contributed by atoms with van der Waals surface area (Å²) in [7, 11) is 0. The molecule has 0 saturated carbocycles. The summed E-state index contributed by atoms with van der Waals surface area (Å²) in [5.41, 5.74) is 4.21. The van der Waals surface area contributed by atoms with Gasteiger partial charge in [0.15, 0.2) is 0 Å². The third-order valence-corrected chi connectivity index (χ3v) is 5.85. The normalized spacial score (nSPS) is 10.8. The summed E-state index contributed by atoms with van der Waals surface area (Å²) in [4.78, 5) is 17.3. The average molecular weight is 453 g/mol. The number of anilines is 1. The fraction of sp³-hybridized carbons (Fsp3) is 0.174. The average Bonchev–Trinajstić information content (AvgIpc) is 3.39. The van der Waals surface area contributed by atoms with E-state index in [2.05, 4.69) is 39.7 Å². The molecule has 2 heterocycles. The molecule has 4 rings (SSSR count). The smallest absolute Gasteiger partial charge is 0.268 e. The molecule has 0 atom stereocenters. The maximum atomic E-state index is 12.6. The predicted octanol–water partition coefficient (Wildman–Crippen LogP) is 5.49. The van der Waals surface area contributed by atoms with Crippen molar-refractivity contribution in [2.24, 2.45) is 0 Å². The van der Waals surface area contributed by atoms with Crippen molar-refractivity contribution in [3.63, 3.8) is 0 Å². The highest BCUT2D eigenvalue weighted by molar-refractivity contribution is 7.12. The zero-order chi connectivity index (χ0) is 21.8. The molecule has 0 bridgehead atoms. The van der Waals surface area contributed by atoms with Gasteiger partial charge in [-0.3, -0.25) is 10.1 Å². The fourth-order valence-corrected chi connectivity index (χ4v) is 4.00. The molecule has 0 radical (unpaired) electrons. The van der Waals surface area contributed by atoms with Crippen LogP contribution in [-0.4, -0.2) is 20.7 Å². The van der Waals surface area contributed by atoms with Gasteiger partial charge in [0.05, 0.1) is 11.4 Å². The first-order chi connectivity index (χ1) is 15.0. The van der Waals surface area contributed by atoms with Crippen molar-refractivity contribution in [3.05, 3.63) is 92.4 Å². The number of amides is 1. The van der Waals surface area contributed by atoms with E-state index >= 15 is 0 Å². The number of thiophene rings is 1. The van der Waals surface area contributed by atoms with Gasteiger partial charge >= 0.3 is 0 Å². The highest BCUT2D eigenvalue weighted by Crippen LogP contribution is 2.24. The number of nitrogens with one attached hydrogen (secondary N) is 1. The van der Waals surface area contributed by atoms with E-state index in [9.17, 15) is 4.79 Å². The van der Waals surface area contributed by atoms with Gasteiger partial charge < -0.3 is 4.74 Å². The standard InChI is InChI=1S/C23H21ClN4O2S/c1-15-3-5-17(6-4-15)11-28-14-25-23(27-28)26-22(29)21-10-18(13-31-21)12-30-20-8-7-19(24)9-16(20)2/h3-10,13-14H,11-12H2,1-2H3,(H,26,27,29). The monoisotopic (exact) mass is 452 g/mol. The zero-order valence-corrected chi connectivity index (χ0v) is 18.7. The van der Waals surface area contributed by atoms with Gasteiger partial charge in [-0.2, -0.15) is 0 Å². The van der Waals surface area contributed by atoms with Crippen molar-refractivity contribution in [2.75, 3.05) is 5.32 Å². The van der Waals surface area contributed by atoms with E-state index < -0.39 is 0 Å². The Morgan fingerprint density at radius 3 is 2.71 bits per heavy atom.